The third-order valence-corrected chi connectivity index (χ3v) is 3.56. The summed E-state index contributed by atoms with van der Waals surface area (Å²) in [5.74, 6) is 0.981. The van der Waals surface area contributed by atoms with E-state index in [9.17, 15) is 4.79 Å². The van der Waals surface area contributed by atoms with Gasteiger partial charge in [0, 0.05) is 5.41 Å². The Morgan fingerprint density at radius 3 is 2.26 bits per heavy atom. The second-order valence-electron chi connectivity index (χ2n) is 7.51. The maximum absolute atomic E-state index is 12.3. The van der Waals surface area contributed by atoms with Gasteiger partial charge in [-0.1, -0.05) is 55.8 Å². The van der Waals surface area contributed by atoms with Crippen LogP contribution in [-0.2, 0) is 22.2 Å². The molecule has 0 bridgehead atoms. The van der Waals surface area contributed by atoms with Crippen LogP contribution in [0.5, 0.6) is 0 Å². The van der Waals surface area contributed by atoms with Gasteiger partial charge in [0.15, 0.2) is 5.82 Å². The van der Waals surface area contributed by atoms with E-state index in [0.29, 0.717) is 18.1 Å². The van der Waals surface area contributed by atoms with E-state index in [1.165, 1.54) is 5.56 Å². The van der Waals surface area contributed by atoms with E-state index >= 15 is 0 Å². The van der Waals surface area contributed by atoms with E-state index in [4.69, 9.17) is 4.52 Å². The predicted octanol–water partition coefficient (Wildman–Crippen LogP) is 3.27. The van der Waals surface area contributed by atoms with Gasteiger partial charge in [0.2, 0.25) is 11.8 Å². The lowest BCUT2D eigenvalue weighted by Crippen LogP contribution is -2.42. The van der Waals surface area contributed by atoms with Crippen molar-refractivity contribution in [2.24, 2.45) is 0 Å². The summed E-state index contributed by atoms with van der Waals surface area (Å²) in [5, 5.41) is 7.00. The van der Waals surface area contributed by atoms with Crippen molar-refractivity contribution in [2.75, 3.05) is 0 Å². The lowest BCUT2D eigenvalue weighted by Gasteiger charge is -2.22. The molecule has 1 amide bonds. The number of aryl methyl sites for hydroxylation is 1. The maximum Gasteiger partial charge on any atom is 0.232 e. The van der Waals surface area contributed by atoms with Gasteiger partial charge >= 0.3 is 0 Å². The third kappa shape index (κ3) is 4.41. The molecule has 0 fully saturated rings. The van der Waals surface area contributed by atoms with Crippen LogP contribution in [0.25, 0.3) is 0 Å². The molecule has 1 heterocycles. The van der Waals surface area contributed by atoms with Crippen molar-refractivity contribution in [1.82, 2.24) is 15.5 Å². The van der Waals surface area contributed by atoms with Gasteiger partial charge in [-0.2, -0.15) is 4.98 Å². The van der Waals surface area contributed by atoms with E-state index in [0.717, 1.165) is 5.56 Å². The van der Waals surface area contributed by atoms with Gasteiger partial charge in [-0.05, 0) is 26.3 Å². The fraction of sp³-hybridized carbons (Fsp3) is 0.500. The summed E-state index contributed by atoms with van der Waals surface area (Å²) in [6, 6.07) is 7.94. The molecular weight excluding hydrogens is 290 g/mol. The van der Waals surface area contributed by atoms with Gasteiger partial charge in [0.05, 0.1) is 12.0 Å². The SMILES string of the molecule is Cc1ccc(CC(=O)NC(C)(C)c2noc(C(C)(C)C)n2)cc1. The summed E-state index contributed by atoms with van der Waals surface area (Å²) in [5.41, 5.74) is 1.26. The number of nitrogens with one attached hydrogen (secondary N) is 1. The smallest absolute Gasteiger partial charge is 0.232 e. The largest absolute Gasteiger partial charge is 0.344 e. The molecule has 124 valence electrons. The zero-order chi connectivity index (χ0) is 17.3. The van der Waals surface area contributed by atoms with Gasteiger partial charge in [-0.25, -0.2) is 0 Å². The predicted molar refractivity (Wildman–Crippen MR) is 89.0 cm³/mol. The van der Waals surface area contributed by atoms with Crippen LogP contribution >= 0.6 is 0 Å². The van der Waals surface area contributed by atoms with Crippen molar-refractivity contribution in [3.63, 3.8) is 0 Å². The van der Waals surface area contributed by atoms with Crippen LogP contribution in [0.3, 0.4) is 0 Å². The molecule has 2 aromatic rings. The molecule has 1 aromatic heterocycles. The molecule has 2 rings (SSSR count). The minimum Gasteiger partial charge on any atom is -0.344 e. The standard InChI is InChI=1S/C18H25N3O2/c1-12-7-9-13(10-8-12)11-14(22)20-18(5,6)15-19-16(23-21-15)17(2,3)4/h7-10H,11H2,1-6H3,(H,20,22). The molecule has 1 N–H and O–H groups in total. The number of carbonyl (C=O) groups excluding carboxylic acids is 1. The van der Waals surface area contributed by atoms with Crippen LogP contribution < -0.4 is 5.32 Å². The average Bonchev–Trinajstić information content (AvgIpc) is 2.91. The number of benzene rings is 1. The first-order chi connectivity index (χ1) is 10.6. The number of carbonyl (C=O) groups is 1. The van der Waals surface area contributed by atoms with Crippen LogP contribution in [0.15, 0.2) is 28.8 Å². The average molecular weight is 315 g/mol. The minimum absolute atomic E-state index is 0.0686. The van der Waals surface area contributed by atoms with Gasteiger partial charge in [0.25, 0.3) is 0 Å². The highest BCUT2D eigenvalue weighted by Crippen LogP contribution is 2.24. The van der Waals surface area contributed by atoms with Crippen molar-refractivity contribution in [3.05, 3.63) is 47.1 Å². The minimum atomic E-state index is -0.686. The van der Waals surface area contributed by atoms with Crippen LogP contribution in [0.2, 0.25) is 0 Å². The van der Waals surface area contributed by atoms with Crippen molar-refractivity contribution < 1.29 is 9.32 Å². The number of hydrogen-bond donors (Lipinski definition) is 1. The molecule has 0 radical (unpaired) electrons. The molecule has 0 saturated carbocycles. The number of amides is 1. The summed E-state index contributed by atoms with van der Waals surface area (Å²) in [6.07, 6.45) is 0.327. The van der Waals surface area contributed by atoms with Gasteiger partial charge in [-0.3, -0.25) is 4.79 Å². The van der Waals surface area contributed by atoms with E-state index in [-0.39, 0.29) is 11.3 Å². The first-order valence-electron chi connectivity index (χ1n) is 7.79. The van der Waals surface area contributed by atoms with Crippen LogP contribution in [0, 0.1) is 6.92 Å². The fourth-order valence-electron chi connectivity index (χ4n) is 2.12. The van der Waals surface area contributed by atoms with Crippen LogP contribution in [0.1, 0.15) is 57.5 Å². The Hall–Kier alpha value is -2.17. The molecule has 0 unspecified atom stereocenters. The molecule has 5 nitrogen and oxygen atoms in total. The summed E-state index contributed by atoms with van der Waals surface area (Å²) >= 11 is 0. The van der Waals surface area contributed by atoms with Gasteiger partial charge in [-0.15, -0.1) is 0 Å². The second-order valence-corrected chi connectivity index (χ2v) is 7.51. The zero-order valence-electron chi connectivity index (χ0n) is 14.7. The topological polar surface area (TPSA) is 68.0 Å². The molecule has 0 saturated heterocycles. The molecule has 0 aliphatic heterocycles. The zero-order valence-corrected chi connectivity index (χ0v) is 14.7. The lowest BCUT2D eigenvalue weighted by molar-refractivity contribution is -0.122. The first-order valence-corrected chi connectivity index (χ1v) is 7.79. The Balaban J connectivity index is 2.06. The molecule has 23 heavy (non-hydrogen) atoms. The van der Waals surface area contributed by atoms with Gasteiger partial charge < -0.3 is 9.84 Å². The number of aromatic nitrogens is 2. The molecule has 0 atom stereocenters. The van der Waals surface area contributed by atoms with Crippen molar-refractivity contribution in [2.45, 2.75) is 58.9 Å². The highest BCUT2D eigenvalue weighted by molar-refractivity contribution is 5.79. The number of nitrogens with zero attached hydrogens (tertiary/aromatic N) is 2. The Morgan fingerprint density at radius 1 is 1.13 bits per heavy atom. The monoisotopic (exact) mass is 315 g/mol. The normalized spacial score (nSPS) is 12.3. The Labute approximate surface area is 137 Å². The molecule has 0 aliphatic carbocycles. The van der Waals surface area contributed by atoms with Gasteiger partial charge in [0.1, 0.15) is 0 Å². The molecule has 1 aromatic carbocycles. The third-order valence-electron chi connectivity index (χ3n) is 3.56. The lowest BCUT2D eigenvalue weighted by atomic mass is 9.97. The van der Waals surface area contributed by atoms with E-state index in [1.807, 2.05) is 65.8 Å². The summed E-state index contributed by atoms with van der Waals surface area (Å²) < 4.78 is 5.32. The molecule has 5 heteroatoms. The summed E-state index contributed by atoms with van der Waals surface area (Å²) in [4.78, 5) is 16.7. The first kappa shape index (κ1) is 17.2. The quantitative estimate of drug-likeness (QED) is 0.940. The van der Waals surface area contributed by atoms with E-state index in [2.05, 4.69) is 15.5 Å². The molecule has 0 aliphatic rings. The highest BCUT2D eigenvalue weighted by atomic mass is 16.5. The Morgan fingerprint density at radius 2 is 1.74 bits per heavy atom. The van der Waals surface area contributed by atoms with E-state index < -0.39 is 5.54 Å². The highest BCUT2D eigenvalue weighted by Gasteiger charge is 2.31. The van der Waals surface area contributed by atoms with Crippen LogP contribution in [0.4, 0.5) is 0 Å². The maximum atomic E-state index is 12.3. The summed E-state index contributed by atoms with van der Waals surface area (Å²) in [7, 11) is 0. The molecule has 0 spiro atoms. The fourth-order valence-corrected chi connectivity index (χ4v) is 2.12. The molecular formula is C18H25N3O2. The van der Waals surface area contributed by atoms with Crippen molar-refractivity contribution >= 4 is 5.91 Å². The van der Waals surface area contributed by atoms with E-state index in [1.54, 1.807) is 0 Å². The Bertz CT molecular complexity index is 679. The summed E-state index contributed by atoms with van der Waals surface area (Å²) in [6.45, 7) is 11.8. The van der Waals surface area contributed by atoms with Crippen molar-refractivity contribution in [3.8, 4) is 0 Å². The number of rotatable bonds is 4. The van der Waals surface area contributed by atoms with Crippen molar-refractivity contribution in [1.29, 1.82) is 0 Å². The second kappa shape index (κ2) is 6.14. The number of hydrogen-bond acceptors (Lipinski definition) is 4. The Kier molecular flexibility index (Phi) is 4.59. The van der Waals surface area contributed by atoms with Crippen LogP contribution in [-0.4, -0.2) is 16.0 Å².